The van der Waals surface area contributed by atoms with E-state index in [1.807, 2.05) is 23.2 Å². The molecule has 164 valence electrons. The topological polar surface area (TPSA) is 92.5 Å². The van der Waals surface area contributed by atoms with E-state index < -0.39 is 0 Å². The van der Waals surface area contributed by atoms with E-state index in [-0.39, 0.29) is 17.6 Å². The number of amides is 1. The van der Waals surface area contributed by atoms with E-state index in [0.29, 0.717) is 30.9 Å². The van der Waals surface area contributed by atoms with Crippen molar-refractivity contribution in [1.82, 2.24) is 24.5 Å². The van der Waals surface area contributed by atoms with Crippen molar-refractivity contribution < 1.29 is 9.59 Å². The average Bonchev–Trinajstić information content (AvgIpc) is 3.21. The standard InChI is InChI=1S/C24H26N6O2/c1-2-22(32)29-10-4-6-17(13-29)21-14-30-24(25-15-26-30)23(28-21)27-19-9-8-16-5-3-7-20(31)12-18(16)11-19/h2,8-9,11,14-15,17H,1,3-7,10,12-13H2,(H,27,28). The van der Waals surface area contributed by atoms with Gasteiger partial charge in [0.25, 0.3) is 0 Å². The first kappa shape index (κ1) is 20.4. The second-order valence-corrected chi connectivity index (χ2v) is 8.55. The minimum absolute atomic E-state index is 0.0468. The highest BCUT2D eigenvalue weighted by Gasteiger charge is 2.26. The maximum Gasteiger partial charge on any atom is 0.245 e. The Bertz CT molecular complexity index is 1200. The fraction of sp³-hybridized carbons (Fsp3) is 0.375. The molecule has 32 heavy (non-hydrogen) atoms. The summed E-state index contributed by atoms with van der Waals surface area (Å²) >= 11 is 0. The summed E-state index contributed by atoms with van der Waals surface area (Å²) in [5.74, 6) is 0.977. The third kappa shape index (κ3) is 4.00. The van der Waals surface area contributed by atoms with Gasteiger partial charge in [0.05, 0.1) is 11.9 Å². The smallest absolute Gasteiger partial charge is 0.245 e. The van der Waals surface area contributed by atoms with Gasteiger partial charge in [-0.2, -0.15) is 5.10 Å². The lowest BCUT2D eigenvalue weighted by atomic mass is 9.95. The van der Waals surface area contributed by atoms with E-state index in [4.69, 9.17) is 4.98 Å². The number of fused-ring (bicyclic) bond motifs is 2. The maximum absolute atomic E-state index is 12.1. The van der Waals surface area contributed by atoms with Crippen LogP contribution in [-0.2, 0) is 22.4 Å². The number of nitrogens with one attached hydrogen (secondary N) is 1. The third-order valence-electron chi connectivity index (χ3n) is 6.36. The SMILES string of the molecule is C=CC(=O)N1CCCC(c2cn3ncnc3c(Nc3ccc4c(c3)CC(=O)CCC4)n2)C1. The molecule has 1 aromatic carbocycles. The van der Waals surface area contributed by atoms with Crippen molar-refractivity contribution in [3.63, 3.8) is 0 Å². The molecule has 0 saturated carbocycles. The number of nitrogens with zero attached hydrogens (tertiary/aromatic N) is 5. The molecule has 0 spiro atoms. The van der Waals surface area contributed by atoms with Gasteiger partial charge in [-0.25, -0.2) is 14.5 Å². The summed E-state index contributed by atoms with van der Waals surface area (Å²) < 4.78 is 1.73. The molecule has 0 bridgehead atoms. The van der Waals surface area contributed by atoms with Crippen LogP contribution in [0.2, 0.25) is 0 Å². The molecule has 1 atom stereocenters. The number of aryl methyl sites for hydroxylation is 1. The van der Waals surface area contributed by atoms with Crippen LogP contribution < -0.4 is 5.32 Å². The predicted octanol–water partition coefficient (Wildman–Crippen LogP) is 3.21. The average molecular weight is 431 g/mol. The highest BCUT2D eigenvalue weighted by Crippen LogP contribution is 2.29. The van der Waals surface area contributed by atoms with Gasteiger partial charge in [0, 0.05) is 37.5 Å². The number of ketones is 1. The van der Waals surface area contributed by atoms with Gasteiger partial charge in [-0.15, -0.1) is 0 Å². The van der Waals surface area contributed by atoms with E-state index in [9.17, 15) is 9.59 Å². The van der Waals surface area contributed by atoms with Gasteiger partial charge in [-0.3, -0.25) is 9.59 Å². The predicted molar refractivity (Wildman–Crippen MR) is 121 cm³/mol. The molecule has 3 aromatic rings. The molecular formula is C24H26N6O2. The number of Topliss-reactive ketones (excluding diaryl/α,β-unsaturated/α-hetero) is 1. The second kappa shape index (κ2) is 8.53. The first-order valence-corrected chi connectivity index (χ1v) is 11.1. The van der Waals surface area contributed by atoms with Gasteiger partial charge in [0.1, 0.15) is 12.1 Å². The first-order valence-electron chi connectivity index (χ1n) is 11.1. The van der Waals surface area contributed by atoms with Crippen molar-refractivity contribution in [2.45, 2.75) is 44.4 Å². The number of carbonyl (C=O) groups is 2. The monoisotopic (exact) mass is 430 g/mol. The Labute approximate surface area is 186 Å². The number of rotatable bonds is 4. The summed E-state index contributed by atoms with van der Waals surface area (Å²) in [7, 11) is 0. The van der Waals surface area contributed by atoms with Crippen molar-refractivity contribution in [3.8, 4) is 0 Å². The van der Waals surface area contributed by atoms with Crippen molar-refractivity contribution >= 4 is 28.8 Å². The Morgan fingerprint density at radius 3 is 3.00 bits per heavy atom. The van der Waals surface area contributed by atoms with Gasteiger partial charge in [-0.05, 0) is 55.0 Å². The minimum atomic E-state index is -0.0468. The zero-order valence-electron chi connectivity index (χ0n) is 18.0. The molecule has 2 aromatic heterocycles. The minimum Gasteiger partial charge on any atom is -0.339 e. The number of likely N-dealkylation sites (tertiary alicyclic amines) is 1. The first-order chi connectivity index (χ1) is 15.6. The Morgan fingerprint density at radius 2 is 2.12 bits per heavy atom. The van der Waals surface area contributed by atoms with Crippen molar-refractivity contribution in [2.75, 3.05) is 18.4 Å². The molecule has 1 saturated heterocycles. The maximum atomic E-state index is 12.1. The molecule has 1 N–H and O–H groups in total. The third-order valence-corrected chi connectivity index (χ3v) is 6.36. The van der Waals surface area contributed by atoms with Crippen LogP contribution in [0.3, 0.4) is 0 Å². The summed E-state index contributed by atoms with van der Waals surface area (Å²) in [6.45, 7) is 4.96. The summed E-state index contributed by atoms with van der Waals surface area (Å²) in [5.41, 5.74) is 4.70. The van der Waals surface area contributed by atoms with Gasteiger partial charge in [-0.1, -0.05) is 12.6 Å². The lowest BCUT2D eigenvalue weighted by Gasteiger charge is -2.31. The van der Waals surface area contributed by atoms with Crippen LogP contribution in [-0.4, -0.2) is 49.3 Å². The number of benzene rings is 1. The Hall–Kier alpha value is -3.55. The van der Waals surface area contributed by atoms with Gasteiger partial charge in [0.15, 0.2) is 11.5 Å². The van der Waals surface area contributed by atoms with Crippen LogP contribution in [0.25, 0.3) is 5.65 Å². The van der Waals surface area contributed by atoms with E-state index >= 15 is 0 Å². The van der Waals surface area contributed by atoms with E-state index in [1.165, 1.54) is 18.0 Å². The Balaban J connectivity index is 1.46. The lowest BCUT2D eigenvalue weighted by molar-refractivity contribution is -0.127. The molecule has 1 aliphatic carbocycles. The Morgan fingerprint density at radius 1 is 1.22 bits per heavy atom. The van der Waals surface area contributed by atoms with Gasteiger partial charge in [0.2, 0.25) is 5.91 Å². The summed E-state index contributed by atoms with van der Waals surface area (Å²) in [6, 6.07) is 6.17. The zero-order valence-corrected chi connectivity index (χ0v) is 18.0. The van der Waals surface area contributed by atoms with Crippen molar-refractivity contribution in [2.24, 2.45) is 0 Å². The summed E-state index contributed by atoms with van der Waals surface area (Å²) in [5, 5.41) is 7.72. The summed E-state index contributed by atoms with van der Waals surface area (Å²) in [6.07, 6.45) is 9.62. The molecule has 8 nitrogen and oxygen atoms in total. The fourth-order valence-electron chi connectivity index (χ4n) is 4.70. The molecule has 8 heteroatoms. The van der Waals surface area contributed by atoms with Crippen molar-refractivity contribution in [3.05, 3.63) is 60.2 Å². The van der Waals surface area contributed by atoms with E-state index in [2.05, 4.69) is 28.0 Å². The number of carbonyl (C=O) groups excluding carboxylic acids is 2. The van der Waals surface area contributed by atoms with Crippen LogP contribution in [0.4, 0.5) is 11.5 Å². The Kier molecular flexibility index (Phi) is 5.43. The molecular weight excluding hydrogens is 404 g/mol. The van der Waals surface area contributed by atoms with E-state index in [1.54, 1.807) is 4.52 Å². The number of piperidine rings is 1. The van der Waals surface area contributed by atoms with Crippen LogP contribution >= 0.6 is 0 Å². The highest BCUT2D eigenvalue weighted by molar-refractivity contribution is 5.87. The molecule has 3 heterocycles. The molecule has 2 aliphatic rings. The van der Waals surface area contributed by atoms with E-state index in [0.717, 1.165) is 49.2 Å². The van der Waals surface area contributed by atoms with Crippen molar-refractivity contribution in [1.29, 1.82) is 0 Å². The number of aromatic nitrogens is 4. The van der Waals surface area contributed by atoms with Gasteiger partial charge < -0.3 is 10.2 Å². The molecule has 1 aliphatic heterocycles. The van der Waals surface area contributed by atoms with Gasteiger partial charge >= 0.3 is 0 Å². The summed E-state index contributed by atoms with van der Waals surface area (Å²) in [4.78, 5) is 35.3. The van der Waals surface area contributed by atoms with Crippen LogP contribution in [0, 0.1) is 0 Å². The quantitative estimate of drug-likeness (QED) is 0.505. The molecule has 0 radical (unpaired) electrons. The van der Waals surface area contributed by atoms with Crippen LogP contribution in [0.1, 0.15) is 48.4 Å². The largest absolute Gasteiger partial charge is 0.339 e. The highest BCUT2D eigenvalue weighted by atomic mass is 16.2. The molecule has 1 amide bonds. The normalized spacial score (nSPS) is 18.8. The number of hydrogen-bond donors (Lipinski definition) is 1. The second-order valence-electron chi connectivity index (χ2n) is 8.55. The lowest BCUT2D eigenvalue weighted by Crippen LogP contribution is -2.38. The zero-order chi connectivity index (χ0) is 22.1. The fourth-order valence-corrected chi connectivity index (χ4v) is 4.70. The van der Waals surface area contributed by atoms with Crippen LogP contribution in [0.15, 0.2) is 43.4 Å². The number of anilines is 2. The molecule has 5 rings (SSSR count). The molecule has 1 fully saturated rings. The molecule has 1 unspecified atom stereocenters. The number of hydrogen-bond acceptors (Lipinski definition) is 6. The van der Waals surface area contributed by atoms with Crippen LogP contribution in [0.5, 0.6) is 0 Å².